The molecule has 0 saturated carbocycles. The van der Waals surface area contributed by atoms with Crippen molar-refractivity contribution in [2.75, 3.05) is 13.1 Å². The molecule has 0 atom stereocenters. The molecule has 0 radical (unpaired) electrons. The number of hydrogen-bond acceptors (Lipinski definition) is 5. The minimum absolute atomic E-state index is 0. The van der Waals surface area contributed by atoms with Gasteiger partial charge in [0.15, 0.2) is 23.9 Å². The third-order valence-corrected chi connectivity index (χ3v) is 4.59. The van der Waals surface area contributed by atoms with E-state index in [9.17, 15) is 9.59 Å². The minimum Gasteiger partial charge on any atom is -1.00 e. The summed E-state index contributed by atoms with van der Waals surface area (Å²) < 4.78 is 6.27. The molecule has 0 spiro atoms. The first kappa shape index (κ1) is 21.6. The Morgan fingerprint density at radius 3 is 2.57 bits per heavy atom. The topological polar surface area (TPSA) is 78.2 Å². The van der Waals surface area contributed by atoms with Crippen LogP contribution in [-0.2, 0) is 27.2 Å². The molecule has 0 unspecified atom stereocenters. The van der Waals surface area contributed by atoms with Crippen molar-refractivity contribution in [2.45, 2.75) is 26.9 Å². The first-order valence-electron chi connectivity index (χ1n) is 8.99. The Hall–Kier alpha value is -2.65. The van der Waals surface area contributed by atoms with Gasteiger partial charge < -0.3 is 21.8 Å². The number of hydrogen-bond donors (Lipinski definition) is 0. The van der Waals surface area contributed by atoms with E-state index in [0.29, 0.717) is 24.3 Å². The molecule has 0 fully saturated rings. The van der Waals surface area contributed by atoms with Crippen LogP contribution in [0, 0.1) is 0 Å². The summed E-state index contributed by atoms with van der Waals surface area (Å²) in [7, 11) is 3.09. The number of rotatable bonds is 7. The van der Waals surface area contributed by atoms with Crippen molar-refractivity contribution in [3.8, 4) is 5.75 Å². The molecule has 0 aromatic carbocycles. The van der Waals surface area contributed by atoms with Gasteiger partial charge in [0.25, 0.3) is 5.56 Å². The molecule has 10 heteroatoms. The van der Waals surface area contributed by atoms with Gasteiger partial charge in [-0.05, 0) is 19.9 Å². The van der Waals surface area contributed by atoms with Crippen LogP contribution in [0.4, 0.5) is 0 Å². The van der Waals surface area contributed by atoms with Crippen molar-refractivity contribution in [1.29, 1.82) is 0 Å². The quantitative estimate of drug-likeness (QED) is 0.309. The van der Waals surface area contributed by atoms with Crippen LogP contribution >= 0.6 is 0 Å². The molecule has 3 aromatic heterocycles. The van der Waals surface area contributed by atoms with Crippen LogP contribution in [-0.4, -0.2) is 36.8 Å². The Balaban J connectivity index is 0.00000280. The first-order chi connectivity index (χ1) is 13.0. The first-order valence-corrected chi connectivity index (χ1v) is 8.99. The second kappa shape index (κ2) is 9.03. The lowest BCUT2D eigenvalue weighted by Gasteiger charge is -2.17. The standard InChI is InChI=1S/C18H25N6O3.ClH/c1-5-24(6-2)27-14-8-7-9-22(12-14)10-11-23-13-19-16-15(23)17(25)21(4)18(26)20(16)3;/h7-9,12-13H,5-6,10-11H2,1-4H3;1H/q+1;/p-1. The summed E-state index contributed by atoms with van der Waals surface area (Å²) in [6, 6.07) is 3.83. The third-order valence-electron chi connectivity index (χ3n) is 4.59. The highest BCUT2D eigenvalue weighted by molar-refractivity contribution is 5.69. The van der Waals surface area contributed by atoms with E-state index in [1.165, 1.54) is 11.6 Å². The second-order valence-corrected chi connectivity index (χ2v) is 6.30. The highest BCUT2D eigenvalue weighted by atomic mass is 35.5. The molecule has 3 rings (SSSR count). The zero-order chi connectivity index (χ0) is 19.6. The van der Waals surface area contributed by atoms with Crippen molar-refractivity contribution in [2.24, 2.45) is 14.1 Å². The summed E-state index contributed by atoms with van der Waals surface area (Å²) in [4.78, 5) is 34.6. The van der Waals surface area contributed by atoms with Gasteiger partial charge in [0.05, 0.1) is 12.9 Å². The van der Waals surface area contributed by atoms with Crippen LogP contribution in [0.3, 0.4) is 0 Å². The van der Waals surface area contributed by atoms with E-state index in [1.807, 2.05) is 48.0 Å². The molecule has 3 heterocycles. The summed E-state index contributed by atoms with van der Waals surface area (Å²) in [5.41, 5.74) is 0.102. The monoisotopic (exact) mass is 408 g/mol. The Morgan fingerprint density at radius 1 is 1.18 bits per heavy atom. The highest BCUT2D eigenvalue weighted by Crippen LogP contribution is 2.08. The van der Waals surface area contributed by atoms with Gasteiger partial charge in [0, 0.05) is 33.3 Å². The normalized spacial score (nSPS) is 11.0. The van der Waals surface area contributed by atoms with Gasteiger partial charge in [-0.25, -0.2) is 9.78 Å². The second-order valence-electron chi connectivity index (χ2n) is 6.30. The molecule has 0 aliphatic carbocycles. The van der Waals surface area contributed by atoms with Gasteiger partial charge in [-0.3, -0.25) is 13.9 Å². The summed E-state index contributed by atoms with van der Waals surface area (Å²) in [5.74, 6) is 0.759. The maximum Gasteiger partial charge on any atom is 0.332 e. The van der Waals surface area contributed by atoms with E-state index in [1.54, 1.807) is 17.9 Å². The molecule has 9 nitrogen and oxygen atoms in total. The maximum absolute atomic E-state index is 12.5. The summed E-state index contributed by atoms with van der Waals surface area (Å²) in [6.45, 7) is 6.86. The van der Waals surface area contributed by atoms with Crippen molar-refractivity contribution in [1.82, 2.24) is 23.7 Å². The van der Waals surface area contributed by atoms with Crippen LogP contribution in [0.25, 0.3) is 11.2 Å². The summed E-state index contributed by atoms with van der Waals surface area (Å²) in [5, 5.41) is 1.87. The van der Waals surface area contributed by atoms with Crippen LogP contribution in [0.5, 0.6) is 5.75 Å². The lowest BCUT2D eigenvalue weighted by molar-refractivity contribution is -0.698. The lowest BCUT2D eigenvalue weighted by Crippen LogP contribution is -3.00. The fourth-order valence-electron chi connectivity index (χ4n) is 2.98. The largest absolute Gasteiger partial charge is 1.00 e. The van der Waals surface area contributed by atoms with E-state index < -0.39 is 0 Å². The van der Waals surface area contributed by atoms with E-state index >= 15 is 0 Å². The van der Waals surface area contributed by atoms with Gasteiger partial charge in [0.2, 0.25) is 11.9 Å². The number of nitrogens with zero attached hydrogens (tertiary/aromatic N) is 6. The maximum atomic E-state index is 12.5. The predicted octanol–water partition coefficient (Wildman–Crippen LogP) is -2.94. The van der Waals surface area contributed by atoms with Gasteiger partial charge in [0.1, 0.15) is 0 Å². The average molecular weight is 409 g/mol. The SMILES string of the molecule is CCN(CC)Oc1ccc[n+](CCn2cnc3c2c(=O)n(C)c(=O)n3C)c1.[Cl-]. The molecule has 0 aliphatic rings. The van der Waals surface area contributed by atoms with E-state index in [-0.39, 0.29) is 23.7 Å². The molecule has 0 N–H and O–H groups in total. The molecule has 152 valence electrons. The zero-order valence-electron chi connectivity index (χ0n) is 16.5. The van der Waals surface area contributed by atoms with Crippen molar-refractivity contribution >= 4 is 11.2 Å². The van der Waals surface area contributed by atoms with Crippen LogP contribution in [0.15, 0.2) is 40.4 Å². The molecular formula is C18H25ClN6O3. The fraction of sp³-hybridized carbons (Fsp3) is 0.444. The molecule has 0 bridgehead atoms. The minimum atomic E-state index is -0.381. The zero-order valence-corrected chi connectivity index (χ0v) is 17.3. The van der Waals surface area contributed by atoms with Gasteiger partial charge in [-0.1, -0.05) is 0 Å². The molecule has 0 aliphatic heterocycles. The average Bonchev–Trinajstić information content (AvgIpc) is 3.11. The molecular weight excluding hydrogens is 384 g/mol. The predicted molar refractivity (Wildman–Crippen MR) is 100 cm³/mol. The van der Waals surface area contributed by atoms with Gasteiger partial charge in [-0.2, -0.15) is 4.57 Å². The number of imidazole rings is 1. The number of aromatic nitrogens is 5. The van der Waals surface area contributed by atoms with E-state index in [0.717, 1.165) is 23.4 Å². The number of fused-ring (bicyclic) bond motifs is 1. The number of pyridine rings is 1. The highest BCUT2D eigenvalue weighted by Gasteiger charge is 2.15. The fourth-order valence-corrected chi connectivity index (χ4v) is 2.98. The van der Waals surface area contributed by atoms with Crippen molar-refractivity contribution < 1.29 is 21.8 Å². The molecule has 28 heavy (non-hydrogen) atoms. The molecule has 3 aromatic rings. The van der Waals surface area contributed by atoms with E-state index in [4.69, 9.17) is 4.84 Å². The smallest absolute Gasteiger partial charge is 0.332 e. The van der Waals surface area contributed by atoms with Crippen molar-refractivity contribution in [3.05, 3.63) is 51.7 Å². The van der Waals surface area contributed by atoms with Gasteiger partial charge >= 0.3 is 5.69 Å². The Bertz CT molecular complexity index is 1070. The molecule has 0 amide bonds. The number of aryl methyl sites for hydroxylation is 3. The van der Waals surface area contributed by atoms with E-state index in [2.05, 4.69) is 4.98 Å². The Morgan fingerprint density at radius 2 is 1.89 bits per heavy atom. The van der Waals surface area contributed by atoms with Crippen LogP contribution in [0.1, 0.15) is 13.8 Å². The van der Waals surface area contributed by atoms with Crippen LogP contribution in [0.2, 0.25) is 0 Å². The molecule has 0 saturated heterocycles. The third kappa shape index (κ3) is 4.10. The Kier molecular flexibility index (Phi) is 6.98. The Labute approximate surface area is 168 Å². The summed E-state index contributed by atoms with van der Waals surface area (Å²) in [6.07, 6.45) is 5.47. The van der Waals surface area contributed by atoms with Crippen molar-refractivity contribution in [3.63, 3.8) is 0 Å². The lowest BCUT2D eigenvalue weighted by atomic mass is 10.4. The number of halogens is 1. The number of hydroxylamine groups is 2. The van der Waals surface area contributed by atoms with Crippen LogP contribution < -0.4 is 33.1 Å². The summed E-state index contributed by atoms with van der Waals surface area (Å²) >= 11 is 0. The van der Waals surface area contributed by atoms with Gasteiger partial charge in [-0.15, -0.1) is 5.06 Å².